The Hall–Kier alpha value is -3.15. The molecule has 3 aliphatic carbocycles. The van der Waals surface area contributed by atoms with E-state index in [1.54, 1.807) is 17.0 Å². The summed E-state index contributed by atoms with van der Waals surface area (Å²) in [6.07, 6.45) is 12.2. The summed E-state index contributed by atoms with van der Waals surface area (Å²) in [6.45, 7) is 1.13. The second-order valence-corrected chi connectivity index (χ2v) is 9.42. The van der Waals surface area contributed by atoms with Crippen molar-refractivity contribution in [2.24, 2.45) is 23.2 Å². The fourth-order valence-electron chi connectivity index (χ4n) is 5.80. The molecule has 1 aromatic heterocycles. The molecule has 3 aliphatic rings. The Balaban J connectivity index is 1.33. The average Bonchev–Trinajstić information content (AvgIpc) is 3.49. The van der Waals surface area contributed by atoms with E-state index in [1.165, 1.54) is 19.9 Å². The number of rotatable bonds is 7. The first-order chi connectivity index (χ1) is 15.5. The molecule has 166 valence electrons. The zero-order valence-corrected chi connectivity index (χ0v) is 18.3. The van der Waals surface area contributed by atoms with Crippen molar-refractivity contribution in [3.05, 3.63) is 81.8 Å². The van der Waals surface area contributed by atoms with Gasteiger partial charge in [-0.2, -0.15) is 0 Å². The zero-order valence-electron chi connectivity index (χ0n) is 18.3. The van der Waals surface area contributed by atoms with Crippen molar-refractivity contribution < 1.29 is 9.59 Å². The van der Waals surface area contributed by atoms with Gasteiger partial charge in [0.2, 0.25) is 5.43 Å². The van der Waals surface area contributed by atoms with Gasteiger partial charge < -0.3 is 15.2 Å². The summed E-state index contributed by atoms with van der Waals surface area (Å²) >= 11 is 0. The molecule has 1 spiro atoms. The number of allylic oxidation sites excluding steroid dienone is 2. The maximum absolute atomic E-state index is 13.0. The molecule has 1 heterocycles. The minimum atomic E-state index is -0.524. The van der Waals surface area contributed by atoms with Crippen LogP contribution in [0.15, 0.2) is 59.7 Å². The van der Waals surface area contributed by atoms with Crippen LogP contribution in [0.5, 0.6) is 0 Å². The van der Waals surface area contributed by atoms with E-state index >= 15 is 0 Å². The van der Waals surface area contributed by atoms with Crippen molar-refractivity contribution in [3.63, 3.8) is 0 Å². The van der Waals surface area contributed by atoms with E-state index in [0.717, 1.165) is 18.4 Å². The summed E-state index contributed by atoms with van der Waals surface area (Å²) < 4.78 is 1.77. The predicted octanol–water partition coefficient (Wildman–Crippen LogP) is 2.78. The third-order valence-corrected chi connectivity index (χ3v) is 7.67. The number of carbonyl (C=O) groups excluding carboxylic acids is 2. The Labute approximate surface area is 187 Å². The molecule has 0 unspecified atom stereocenters. The molecular weight excluding hydrogens is 402 g/mol. The molecule has 3 atom stereocenters. The number of hydrogen-bond donors (Lipinski definition) is 2. The van der Waals surface area contributed by atoms with Crippen LogP contribution in [0.4, 0.5) is 0 Å². The Morgan fingerprint density at radius 1 is 1.06 bits per heavy atom. The molecule has 0 radical (unpaired) electrons. The molecule has 6 heteroatoms. The van der Waals surface area contributed by atoms with Crippen LogP contribution in [-0.4, -0.2) is 30.0 Å². The van der Waals surface area contributed by atoms with Gasteiger partial charge in [-0.3, -0.25) is 14.4 Å². The number of nitrogens with zero attached hydrogens (tertiary/aromatic N) is 1. The van der Waals surface area contributed by atoms with Gasteiger partial charge >= 0.3 is 0 Å². The normalized spacial score (nSPS) is 24.0. The first kappa shape index (κ1) is 20.7. The van der Waals surface area contributed by atoms with Crippen LogP contribution in [0.1, 0.15) is 45.5 Å². The highest BCUT2D eigenvalue weighted by Crippen LogP contribution is 2.69. The summed E-state index contributed by atoms with van der Waals surface area (Å²) in [4.78, 5) is 38.3. The van der Waals surface area contributed by atoms with Crippen molar-refractivity contribution >= 4 is 11.8 Å². The van der Waals surface area contributed by atoms with E-state index in [2.05, 4.69) is 22.8 Å². The fourth-order valence-corrected chi connectivity index (χ4v) is 5.80. The molecule has 2 bridgehead atoms. The van der Waals surface area contributed by atoms with E-state index in [0.29, 0.717) is 36.3 Å². The van der Waals surface area contributed by atoms with E-state index in [-0.39, 0.29) is 11.1 Å². The van der Waals surface area contributed by atoms with Gasteiger partial charge in [0.15, 0.2) is 0 Å². The first-order valence-corrected chi connectivity index (χ1v) is 11.5. The van der Waals surface area contributed by atoms with Crippen LogP contribution < -0.4 is 16.1 Å². The van der Waals surface area contributed by atoms with Crippen molar-refractivity contribution in [3.8, 4) is 0 Å². The van der Waals surface area contributed by atoms with Crippen molar-refractivity contribution in [1.29, 1.82) is 0 Å². The van der Waals surface area contributed by atoms with Crippen LogP contribution in [0.2, 0.25) is 0 Å². The van der Waals surface area contributed by atoms with Gasteiger partial charge in [0.05, 0.1) is 0 Å². The van der Waals surface area contributed by atoms with Gasteiger partial charge in [-0.15, -0.1) is 0 Å². The number of amides is 2. The number of hydrogen-bond acceptors (Lipinski definition) is 3. The number of benzene rings is 1. The SMILES string of the molecule is CNC(=O)c1cn(CCc2ccccc2)cc(C(=O)NC[C@@H]2C[C@H]3C=C[C@@H]2C32CC2)c1=O. The lowest BCUT2D eigenvalue weighted by atomic mass is 9.89. The van der Waals surface area contributed by atoms with Crippen LogP contribution in [0, 0.1) is 23.2 Å². The molecule has 0 aliphatic heterocycles. The summed E-state index contributed by atoms with van der Waals surface area (Å²) in [6, 6.07) is 9.99. The fraction of sp³-hybridized carbons (Fsp3) is 0.423. The second-order valence-electron chi connectivity index (χ2n) is 9.42. The number of pyridine rings is 1. The quantitative estimate of drug-likeness (QED) is 0.662. The molecular formula is C26H29N3O3. The highest BCUT2D eigenvalue weighted by atomic mass is 16.2. The Kier molecular flexibility index (Phi) is 5.24. The van der Waals surface area contributed by atoms with E-state index in [4.69, 9.17) is 0 Å². The Morgan fingerprint density at radius 2 is 1.78 bits per heavy atom. The second kappa shape index (κ2) is 8.08. The van der Waals surface area contributed by atoms with Crippen molar-refractivity contribution in [2.75, 3.05) is 13.6 Å². The minimum Gasteiger partial charge on any atom is -0.355 e. The first-order valence-electron chi connectivity index (χ1n) is 11.5. The molecule has 2 N–H and O–H groups in total. The van der Waals surface area contributed by atoms with Crippen molar-refractivity contribution in [1.82, 2.24) is 15.2 Å². The summed E-state index contributed by atoms with van der Waals surface area (Å²) in [5, 5.41) is 5.51. The molecule has 5 rings (SSSR count). The minimum absolute atomic E-state index is 0.00648. The topological polar surface area (TPSA) is 80.2 Å². The van der Waals surface area contributed by atoms with E-state index in [9.17, 15) is 14.4 Å². The van der Waals surface area contributed by atoms with Crippen LogP contribution in [0.25, 0.3) is 0 Å². The highest BCUT2D eigenvalue weighted by molar-refractivity contribution is 5.99. The van der Waals surface area contributed by atoms with Gasteiger partial charge in [0.1, 0.15) is 11.1 Å². The Morgan fingerprint density at radius 3 is 2.44 bits per heavy atom. The molecule has 2 aromatic rings. The molecule has 2 fully saturated rings. The maximum Gasteiger partial charge on any atom is 0.256 e. The van der Waals surface area contributed by atoms with Crippen LogP contribution >= 0.6 is 0 Å². The lowest BCUT2D eigenvalue weighted by molar-refractivity contribution is 0.0942. The highest BCUT2D eigenvalue weighted by Gasteiger charge is 2.62. The standard InChI is InChI=1S/C26H29N3O3/c1-27-24(31)20-15-29(12-9-17-5-3-2-4-6-17)16-21(23(20)30)25(32)28-14-18-13-19-7-8-22(18)26(19)10-11-26/h2-8,15-16,18-19,22H,9-14H2,1H3,(H,27,31)(H,28,32)/t18-,19+,22-/m0/s1. The number of aryl methyl sites for hydroxylation is 2. The van der Waals surface area contributed by atoms with Gasteiger partial charge in [-0.1, -0.05) is 42.5 Å². The number of nitrogens with one attached hydrogen (secondary N) is 2. The summed E-state index contributed by atoms with van der Waals surface area (Å²) in [5.74, 6) is 0.755. The smallest absolute Gasteiger partial charge is 0.256 e. The molecule has 0 saturated heterocycles. The van der Waals surface area contributed by atoms with Gasteiger partial charge in [-0.05, 0) is 54.4 Å². The van der Waals surface area contributed by atoms with E-state index in [1.807, 2.05) is 30.3 Å². The van der Waals surface area contributed by atoms with Gasteiger partial charge in [0.25, 0.3) is 11.8 Å². The molecule has 2 saturated carbocycles. The average molecular weight is 432 g/mol. The largest absolute Gasteiger partial charge is 0.355 e. The van der Waals surface area contributed by atoms with Crippen LogP contribution in [0.3, 0.4) is 0 Å². The molecule has 6 nitrogen and oxygen atoms in total. The predicted molar refractivity (Wildman–Crippen MR) is 122 cm³/mol. The van der Waals surface area contributed by atoms with Crippen molar-refractivity contribution in [2.45, 2.75) is 32.2 Å². The summed E-state index contributed by atoms with van der Waals surface area (Å²) in [7, 11) is 1.49. The number of aromatic nitrogens is 1. The van der Waals surface area contributed by atoms with Gasteiger partial charge in [0, 0.05) is 32.5 Å². The lowest BCUT2D eigenvalue weighted by Gasteiger charge is -2.20. The third-order valence-electron chi connectivity index (χ3n) is 7.67. The summed E-state index contributed by atoms with van der Waals surface area (Å²) in [5.41, 5.74) is 1.12. The molecule has 1 aromatic carbocycles. The molecule has 2 amide bonds. The molecule has 32 heavy (non-hydrogen) atoms. The zero-order chi connectivity index (χ0) is 22.3. The third kappa shape index (κ3) is 3.57. The van der Waals surface area contributed by atoms with Crippen LogP contribution in [-0.2, 0) is 13.0 Å². The van der Waals surface area contributed by atoms with E-state index < -0.39 is 17.2 Å². The maximum atomic E-state index is 13.0. The monoisotopic (exact) mass is 431 g/mol. The lowest BCUT2D eigenvalue weighted by Crippen LogP contribution is -2.37. The number of carbonyl (C=O) groups is 2. The van der Waals surface area contributed by atoms with Gasteiger partial charge in [-0.25, -0.2) is 0 Å². The Bertz CT molecular complexity index is 1130.